The summed E-state index contributed by atoms with van der Waals surface area (Å²) in [4.78, 5) is 12.9. The Labute approximate surface area is 155 Å². The molecule has 1 unspecified atom stereocenters. The van der Waals surface area contributed by atoms with E-state index in [0.29, 0.717) is 38.3 Å². The van der Waals surface area contributed by atoms with Gasteiger partial charge in [-0.15, -0.1) is 0 Å². The molecule has 0 bridgehead atoms. The maximum absolute atomic E-state index is 12.9. The van der Waals surface area contributed by atoms with Crippen LogP contribution in [0.25, 0.3) is 0 Å². The minimum atomic E-state index is -3.55. The number of carboxylic acid groups (broad SMARTS) is 1. The van der Waals surface area contributed by atoms with Crippen LogP contribution in [0.2, 0.25) is 0 Å². The lowest BCUT2D eigenvalue weighted by Gasteiger charge is -2.25. The van der Waals surface area contributed by atoms with Gasteiger partial charge in [-0.05, 0) is 57.0 Å². The second-order valence-corrected chi connectivity index (χ2v) is 8.56. The molecule has 1 atom stereocenters. The van der Waals surface area contributed by atoms with E-state index in [9.17, 15) is 13.2 Å². The highest BCUT2D eigenvalue weighted by Crippen LogP contribution is 2.24. The first-order chi connectivity index (χ1) is 12.3. The van der Waals surface area contributed by atoms with E-state index < -0.39 is 16.0 Å². The van der Waals surface area contributed by atoms with Crippen LogP contribution in [-0.2, 0) is 14.8 Å². The van der Waals surface area contributed by atoms with Crippen molar-refractivity contribution in [2.45, 2.75) is 43.5 Å². The summed E-state index contributed by atoms with van der Waals surface area (Å²) in [5.41, 5.74) is 0. The first kappa shape index (κ1) is 20.7. The minimum Gasteiger partial charge on any atom is -0.494 e. The first-order valence-corrected chi connectivity index (χ1v) is 10.4. The molecule has 7 nitrogen and oxygen atoms in total. The lowest BCUT2D eigenvalue weighted by Crippen LogP contribution is -2.37. The molecular formula is C18H28N2O5S. The molecule has 0 amide bonds. The number of ether oxygens (including phenoxy) is 1. The third-order valence-corrected chi connectivity index (χ3v) is 6.51. The molecule has 1 fully saturated rings. The number of likely N-dealkylation sites (N-methyl/N-ethyl adjacent to an activating group) is 1. The summed E-state index contributed by atoms with van der Waals surface area (Å²) < 4.78 is 32.8. The Morgan fingerprint density at radius 2 is 1.96 bits per heavy atom. The largest absolute Gasteiger partial charge is 0.494 e. The molecule has 1 heterocycles. The van der Waals surface area contributed by atoms with Crippen molar-refractivity contribution < 1.29 is 23.1 Å². The Hall–Kier alpha value is -1.64. The SMILES string of the molecule is CCCOc1ccc(S(=O)(=O)N2CCCC(N(C)CC(=O)O)CC2)cc1. The topological polar surface area (TPSA) is 87.2 Å². The summed E-state index contributed by atoms with van der Waals surface area (Å²) in [6, 6.07) is 6.61. The van der Waals surface area contributed by atoms with Gasteiger partial charge in [-0.25, -0.2) is 8.42 Å². The van der Waals surface area contributed by atoms with Gasteiger partial charge >= 0.3 is 5.97 Å². The van der Waals surface area contributed by atoms with Crippen LogP contribution in [0.1, 0.15) is 32.6 Å². The molecule has 1 aliphatic heterocycles. The first-order valence-electron chi connectivity index (χ1n) is 8.99. The fraction of sp³-hybridized carbons (Fsp3) is 0.611. The number of carboxylic acids is 1. The quantitative estimate of drug-likeness (QED) is 0.738. The van der Waals surface area contributed by atoms with E-state index in [1.54, 1.807) is 36.2 Å². The molecule has 0 spiro atoms. The lowest BCUT2D eigenvalue weighted by molar-refractivity contribution is -0.138. The highest BCUT2D eigenvalue weighted by molar-refractivity contribution is 7.89. The average Bonchev–Trinajstić information content (AvgIpc) is 2.86. The maximum atomic E-state index is 12.9. The van der Waals surface area contributed by atoms with Crippen LogP contribution in [0.4, 0.5) is 0 Å². The number of benzene rings is 1. The summed E-state index contributed by atoms with van der Waals surface area (Å²) in [6.07, 6.45) is 3.02. The van der Waals surface area contributed by atoms with Gasteiger partial charge in [-0.2, -0.15) is 4.31 Å². The zero-order chi connectivity index (χ0) is 19.2. The lowest BCUT2D eigenvalue weighted by atomic mass is 10.1. The fourth-order valence-electron chi connectivity index (χ4n) is 3.15. The van der Waals surface area contributed by atoms with Gasteiger partial charge in [0.05, 0.1) is 18.0 Å². The molecule has 0 radical (unpaired) electrons. The van der Waals surface area contributed by atoms with Gasteiger partial charge in [0, 0.05) is 19.1 Å². The molecule has 1 N–H and O–H groups in total. The van der Waals surface area contributed by atoms with Crippen LogP contribution in [0.15, 0.2) is 29.2 Å². The second-order valence-electron chi connectivity index (χ2n) is 6.62. The number of hydrogen-bond acceptors (Lipinski definition) is 5. The van der Waals surface area contributed by atoms with E-state index in [4.69, 9.17) is 9.84 Å². The number of rotatable bonds is 8. The Morgan fingerprint density at radius 3 is 2.58 bits per heavy atom. The predicted molar refractivity (Wildman–Crippen MR) is 98.9 cm³/mol. The monoisotopic (exact) mass is 384 g/mol. The van der Waals surface area contributed by atoms with Crippen molar-refractivity contribution in [3.05, 3.63) is 24.3 Å². The maximum Gasteiger partial charge on any atom is 0.317 e. The molecule has 1 saturated heterocycles. The zero-order valence-corrected chi connectivity index (χ0v) is 16.2. The van der Waals surface area contributed by atoms with Crippen LogP contribution in [0.3, 0.4) is 0 Å². The van der Waals surface area contributed by atoms with Crippen LogP contribution in [-0.4, -0.2) is 68.0 Å². The van der Waals surface area contributed by atoms with Crippen molar-refractivity contribution in [2.24, 2.45) is 0 Å². The van der Waals surface area contributed by atoms with E-state index in [0.717, 1.165) is 12.8 Å². The molecule has 26 heavy (non-hydrogen) atoms. The third kappa shape index (κ3) is 5.43. The fourth-order valence-corrected chi connectivity index (χ4v) is 4.65. The van der Waals surface area contributed by atoms with Crippen molar-refractivity contribution in [2.75, 3.05) is 33.3 Å². The van der Waals surface area contributed by atoms with Crippen molar-refractivity contribution >= 4 is 16.0 Å². The summed E-state index contributed by atoms with van der Waals surface area (Å²) in [6.45, 7) is 3.43. The number of sulfonamides is 1. The third-order valence-electron chi connectivity index (χ3n) is 4.60. The van der Waals surface area contributed by atoms with Crippen molar-refractivity contribution in [3.8, 4) is 5.75 Å². The summed E-state index contributed by atoms with van der Waals surface area (Å²) in [7, 11) is -1.78. The van der Waals surface area contributed by atoms with E-state index in [2.05, 4.69) is 0 Å². The zero-order valence-electron chi connectivity index (χ0n) is 15.4. The van der Waals surface area contributed by atoms with Gasteiger partial charge in [-0.1, -0.05) is 6.92 Å². The van der Waals surface area contributed by atoms with Gasteiger partial charge in [0.2, 0.25) is 10.0 Å². The van der Waals surface area contributed by atoms with Crippen LogP contribution in [0.5, 0.6) is 5.75 Å². The van der Waals surface area contributed by atoms with E-state index in [1.165, 1.54) is 4.31 Å². The van der Waals surface area contributed by atoms with Crippen LogP contribution < -0.4 is 4.74 Å². The van der Waals surface area contributed by atoms with Crippen molar-refractivity contribution in [3.63, 3.8) is 0 Å². The molecule has 2 rings (SSSR count). The molecule has 146 valence electrons. The number of nitrogens with zero attached hydrogens (tertiary/aromatic N) is 2. The number of carbonyl (C=O) groups is 1. The summed E-state index contributed by atoms with van der Waals surface area (Å²) >= 11 is 0. The molecule has 0 aliphatic carbocycles. The Balaban J connectivity index is 2.03. The van der Waals surface area contributed by atoms with E-state index in [1.807, 2.05) is 6.92 Å². The van der Waals surface area contributed by atoms with Crippen molar-refractivity contribution in [1.29, 1.82) is 0 Å². The molecule has 0 aromatic heterocycles. The van der Waals surface area contributed by atoms with Crippen molar-refractivity contribution in [1.82, 2.24) is 9.21 Å². The standard InChI is InChI=1S/C18H28N2O5S/c1-3-13-25-16-6-8-17(9-7-16)26(23,24)20-11-4-5-15(10-12-20)19(2)14-18(21)22/h6-9,15H,3-5,10-14H2,1-2H3,(H,21,22). The average molecular weight is 384 g/mol. The normalized spacial score (nSPS) is 19.3. The number of aliphatic carboxylic acids is 1. The summed E-state index contributed by atoms with van der Waals surface area (Å²) in [5, 5.41) is 8.93. The molecular weight excluding hydrogens is 356 g/mol. The van der Waals surface area contributed by atoms with Gasteiger partial charge in [-0.3, -0.25) is 9.69 Å². The molecule has 1 aromatic carbocycles. The van der Waals surface area contributed by atoms with Gasteiger partial charge < -0.3 is 9.84 Å². The van der Waals surface area contributed by atoms with Gasteiger partial charge in [0.25, 0.3) is 0 Å². The molecule has 1 aromatic rings. The Bertz CT molecular complexity index is 690. The van der Waals surface area contributed by atoms with Crippen LogP contribution >= 0.6 is 0 Å². The van der Waals surface area contributed by atoms with E-state index >= 15 is 0 Å². The van der Waals surface area contributed by atoms with Gasteiger partial charge in [0.15, 0.2) is 0 Å². The van der Waals surface area contributed by atoms with Crippen LogP contribution in [0, 0.1) is 0 Å². The second kappa shape index (κ2) is 9.34. The predicted octanol–water partition coefficient (Wildman–Crippen LogP) is 2.04. The smallest absolute Gasteiger partial charge is 0.317 e. The van der Waals surface area contributed by atoms with Gasteiger partial charge in [0.1, 0.15) is 5.75 Å². The Morgan fingerprint density at radius 1 is 1.27 bits per heavy atom. The highest BCUT2D eigenvalue weighted by Gasteiger charge is 2.29. The van der Waals surface area contributed by atoms with E-state index in [-0.39, 0.29) is 17.5 Å². The summed E-state index contributed by atoms with van der Waals surface area (Å²) in [5.74, 6) is -0.205. The highest BCUT2D eigenvalue weighted by atomic mass is 32.2. The Kier molecular flexibility index (Phi) is 7.43. The molecule has 0 saturated carbocycles. The number of hydrogen-bond donors (Lipinski definition) is 1. The molecule has 8 heteroatoms. The minimum absolute atomic E-state index is 0.0311. The molecule has 1 aliphatic rings.